The van der Waals surface area contributed by atoms with E-state index in [2.05, 4.69) is 38.3 Å². The number of hydrogen-bond donors (Lipinski definition) is 2. The first-order chi connectivity index (χ1) is 11.5. The topological polar surface area (TPSA) is 41.1 Å². The molecule has 1 fully saturated rings. The molecule has 0 spiro atoms. The maximum Gasteiger partial charge on any atom is 0.220 e. The van der Waals surface area contributed by atoms with E-state index in [1.807, 2.05) is 13.8 Å². The van der Waals surface area contributed by atoms with Gasteiger partial charge < -0.3 is 10.6 Å². The molecule has 146 valence electrons. The van der Waals surface area contributed by atoms with Crippen molar-refractivity contribution < 1.29 is 4.79 Å². The number of carbonyl (C=O) groups is 1. The third-order valence-electron chi connectivity index (χ3n) is 3.82. The first-order valence-corrected chi connectivity index (χ1v) is 10.5. The zero-order chi connectivity index (χ0) is 18.6. The molecule has 1 rings (SSSR count). The third kappa shape index (κ3) is 23.7. The largest absolute Gasteiger partial charge is 0.356 e. The molecule has 0 aliphatic heterocycles. The van der Waals surface area contributed by atoms with Gasteiger partial charge in [0.15, 0.2) is 0 Å². The van der Waals surface area contributed by atoms with E-state index in [4.69, 9.17) is 0 Å². The molecule has 0 heterocycles. The highest BCUT2D eigenvalue weighted by atomic mass is 16.1. The van der Waals surface area contributed by atoms with Gasteiger partial charge in [0.05, 0.1) is 0 Å². The van der Waals surface area contributed by atoms with Crippen LogP contribution in [0.2, 0.25) is 0 Å². The molecule has 1 aliphatic rings. The molecule has 2 N–H and O–H groups in total. The van der Waals surface area contributed by atoms with Crippen molar-refractivity contribution in [1.29, 1.82) is 0 Å². The Balaban J connectivity index is 0. The second-order valence-electron chi connectivity index (χ2n) is 7.24. The summed E-state index contributed by atoms with van der Waals surface area (Å²) in [5.41, 5.74) is 0. The highest BCUT2D eigenvalue weighted by Gasteiger charge is 2.03. The number of rotatable bonds is 9. The molecule has 3 nitrogen and oxygen atoms in total. The number of amides is 1. The van der Waals surface area contributed by atoms with Gasteiger partial charge in [0.1, 0.15) is 0 Å². The highest BCUT2D eigenvalue weighted by Crippen LogP contribution is 2.15. The average Bonchev–Trinajstić information content (AvgIpc) is 2.57. The normalized spacial score (nSPS) is 13.7. The molecule has 0 aromatic rings. The van der Waals surface area contributed by atoms with E-state index in [0.29, 0.717) is 18.4 Å². The molecule has 1 amide bonds. The van der Waals surface area contributed by atoms with Crippen LogP contribution in [0.5, 0.6) is 0 Å². The summed E-state index contributed by atoms with van der Waals surface area (Å²) in [6.45, 7) is 14.4. The van der Waals surface area contributed by atoms with Crippen molar-refractivity contribution in [1.82, 2.24) is 10.6 Å². The lowest BCUT2D eigenvalue weighted by Gasteiger charge is -2.08. The van der Waals surface area contributed by atoms with Gasteiger partial charge in [0.25, 0.3) is 0 Å². The fraction of sp³-hybridized carbons (Fsp3) is 0.952. The summed E-state index contributed by atoms with van der Waals surface area (Å²) in [4.78, 5) is 11.3. The van der Waals surface area contributed by atoms with Crippen molar-refractivity contribution in [3.63, 3.8) is 0 Å². The Kier molecular flexibility index (Phi) is 21.9. The molecule has 0 bridgehead atoms. The smallest absolute Gasteiger partial charge is 0.220 e. The summed E-state index contributed by atoms with van der Waals surface area (Å²) in [5, 5.41) is 6.34. The molecule has 0 aromatic carbocycles. The SMILES string of the molecule is C1CCCCC1.CC.CC(C)CC(=O)NCCCCCNC(C)C. The second-order valence-corrected chi connectivity index (χ2v) is 7.24. The van der Waals surface area contributed by atoms with Crippen LogP contribution in [-0.4, -0.2) is 25.0 Å². The van der Waals surface area contributed by atoms with Crippen LogP contribution in [0.15, 0.2) is 0 Å². The molecule has 0 aromatic heterocycles. The fourth-order valence-electron chi connectivity index (χ4n) is 2.55. The van der Waals surface area contributed by atoms with Crippen molar-refractivity contribution in [2.24, 2.45) is 5.92 Å². The first kappa shape index (κ1) is 25.7. The predicted octanol–water partition coefficient (Wildman–Crippen LogP) is 5.68. The first-order valence-electron chi connectivity index (χ1n) is 10.5. The lowest BCUT2D eigenvalue weighted by Crippen LogP contribution is -2.26. The molecule has 1 saturated carbocycles. The van der Waals surface area contributed by atoms with Gasteiger partial charge in [-0.3, -0.25) is 4.79 Å². The van der Waals surface area contributed by atoms with Gasteiger partial charge in [0.2, 0.25) is 5.91 Å². The minimum Gasteiger partial charge on any atom is -0.356 e. The lowest BCUT2D eigenvalue weighted by molar-refractivity contribution is -0.121. The van der Waals surface area contributed by atoms with Crippen LogP contribution in [-0.2, 0) is 4.79 Å². The standard InChI is InChI=1S/C13H28N2O.C6H12.C2H6/c1-11(2)10-13(16)15-9-7-5-6-8-14-12(3)4;1-2-4-6-5-3-1;1-2/h11-12,14H,5-10H2,1-4H3,(H,15,16);1-6H2;1-2H3. The summed E-state index contributed by atoms with van der Waals surface area (Å²) in [7, 11) is 0. The zero-order valence-electron chi connectivity index (χ0n) is 17.5. The zero-order valence-corrected chi connectivity index (χ0v) is 17.5. The van der Waals surface area contributed by atoms with E-state index >= 15 is 0 Å². The lowest BCUT2D eigenvalue weighted by atomic mass is 10.0. The molecule has 0 radical (unpaired) electrons. The minimum absolute atomic E-state index is 0.190. The van der Waals surface area contributed by atoms with Crippen LogP contribution in [0.1, 0.15) is 106 Å². The fourth-order valence-corrected chi connectivity index (χ4v) is 2.55. The van der Waals surface area contributed by atoms with Crippen molar-refractivity contribution in [3.05, 3.63) is 0 Å². The van der Waals surface area contributed by atoms with Gasteiger partial charge in [-0.15, -0.1) is 0 Å². The van der Waals surface area contributed by atoms with E-state index in [-0.39, 0.29) is 5.91 Å². The van der Waals surface area contributed by atoms with Crippen LogP contribution < -0.4 is 10.6 Å². The van der Waals surface area contributed by atoms with Gasteiger partial charge in [0, 0.05) is 19.0 Å². The van der Waals surface area contributed by atoms with E-state index < -0.39 is 0 Å². The van der Waals surface area contributed by atoms with Crippen molar-refractivity contribution in [3.8, 4) is 0 Å². The minimum atomic E-state index is 0.190. The number of nitrogens with one attached hydrogen (secondary N) is 2. The average molecular weight is 343 g/mol. The molecular weight excluding hydrogens is 296 g/mol. The summed E-state index contributed by atoms with van der Waals surface area (Å²) >= 11 is 0. The number of hydrogen-bond acceptors (Lipinski definition) is 2. The molecular formula is C21H46N2O. The van der Waals surface area contributed by atoms with Gasteiger partial charge in [-0.2, -0.15) is 0 Å². The van der Waals surface area contributed by atoms with Crippen LogP contribution in [0.25, 0.3) is 0 Å². The van der Waals surface area contributed by atoms with Crippen molar-refractivity contribution in [2.75, 3.05) is 13.1 Å². The second kappa shape index (κ2) is 20.5. The molecule has 0 atom stereocenters. The molecule has 0 unspecified atom stereocenters. The van der Waals surface area contributed by atoms with E-state index in [9.17, 15) is 4.79 Å². The molecule has 3 heteroatoms. The quantitative estimate of drug-likeness (QED) is 0.529. The molecule has 0 saturated heterocycles. The molecule has 1 aliphatic carbocycles. The van der Waals surface area contributed by atoms with Gasteiger partial charge in [-0.1, -0.05) is 86.5 Å². The Bertz CT molecular complexity index is 237. The maximum atomic E-state index is 11.3. The van der Waals surface area contributed by atoms with Crippen LogP contribution in [0, 0.1) is 5.92 Å². The van der Waals surface area contributed by atoms with Crippen molar-refractivity contribution >= 4 is 5.91 Å². The highest BCUT2D eigenvalue weighted by molar-refractivity contribution is 5.75. The van der Waals surface area contributed by atoms with Gasteiger partial charge >= 0.3 is 0 Å². The Hall–Kier alpha value is -0.570. The van der Waals surface area contributed by atoms with Gasteiger partial charge in [-0.25, -0.2) is 0 Å². The van der Waals surface area contributed by atoms with E-state index in [0.717, 1.165) is 19.5 Å². The van der Waals surface area contributed by atoms with Crippen molar-refractivity contribution in [2.45, 2.75) is 112 Å². The third-order valence-corrected chi connectivity index (χ3v) is 3.82. The Morgan fingerprint density at radius 3 is 1.67 bits per heavy atom. The monoisotopic (exact) mass is 342 g/mol. The van der Waals surface area contributed by atoms with Crippen LogP contribution >= 0.6 is 0 Å². The summed E-state index contributed by atoms with van der Waals surface area (Å²) in [5.74, 6) is 0.644. The maximum absolute atomic E-state index is 11.3. The predicted molar refractivity (Wildman–Crippen MR) is 109 cm³/mol. The number of carbonyl (C=O) groups excluding carboxylic acids is 1. The van der Waals surface area contributed by atoms with Gasteiger partial charge in [-0.05, 0) is 25.3 Å². The summed E-state index contributed by atoms with van der Waals surface area (Å²) in [6.07, 6.45) is 13.1. The summed E-state index contributed by atoms with van der Waals surface area (Å²) < 4.78 is 0. The molecule has 24 heavy (non-hydrogen) atoms. The van der Waals surface area contributed by atoms with Crippen LogP contribution in [0.3, 0.4) is 0 Å². The van der Waals surface area contributed by atoms with E-state index in [1.54, 1.807) is 0 Å². The Morgan fingerprint density at radius 2 is 1.25 bits per heavy atom. The Morgan fingerprint density at radius 1 is 0.792 bits per heavy atom. The van der Waals surface area contributed by atoms with Crippen LogP contribution in [0.4, 0.5) is 0 Å². The van der Waals surface area contributed by atoms with E-state index in [1.165, 1.54) is 51.4 Å². The Labute approximate surface area is 152 Å². The summed E-state index contributed by atoms with van der Waals surface area (Å²) in [6, 6.07) is 0.575. The number of unbranched alkanes of at least 4 members (excludes halogenated alkanes) is 2.